The molecule has 8 nitrogen and oxygen atoms in total. The summed E-state index contributed by atoms with van der Waals surface area (Å²) in [6.07, 6.45) is 2.59. The lowest BCUT2D eigenvalue weighted by Gasteiger charge is -2.34. The van der Waals surface area contributed by atoms with Gasteiger partial charge in [0.25, 0.3) is 0 Å². The van der Waals surface area contributed by atoms with Crippen molar-refractivity contribution in [3.05, 3.63) is 53.8 Å². The average molecular weight is 478 g/mol. The largest absolute Gasteiger partial charge is 0.497 e. The monoisotopic (exact) mass is 477 g/mol. The molecule has 1 unspecified atom stereocenters. The molecule has 3 rings (SSSR count). The lowest BCUT2D eigenvalue weighted by Crippen LogP contribution is -2.45. The van der Waals surface area contributed by atoms with Crippen LogP contribution >= 0.6 is 0 Å². The molecule has 1 heterocycles. The van der Waals surface area contributed by atoms with Gasteiger partial charge in [0.2, 0.25) is 10.0 Å². The summed E-state index contributed by atoms with van der Waals surface area (Å²) in [6.45, 7) is 2.02. The SMILES string of the molecule is COc1cccc(NC(=O)C(=O)NCCC2CCCCN2S(=O)(=O)c2ccc(F)c(C)c2)c1. The van der Waals surface area contributed by atoms with E-state index in [0.717, 1.165) is 18.9 Å². The summed E-state index contributed by atoms with van der Waals surface area (Å²) in [4.78, 5) is 24.4. The van der Waals surface area contributed by atoms with Gasteiger partial charge in [-0.15, -0.1) is 0 Å². The molecule has 0 aromatic heterocycles. The summed E-state index contributed by atoms with van der Waals surface area (Å²) in [7, 11) is -2.30. The molecule has 1 fully saturated rings. The number of hydrogen-bond acceptors (Lipinski definition) is 5. The smallest absolute Gasteiger partial charge is 0.313 e. The topological polar surface area (TPSA) is 105 Å². The van der Waals surface area contributed by atoms with Crippen LogP contribution in [0.25, 0.3) is 0 Å². The molecular weight excluding hydrogens is 449 g/mol. The first kappa shape index (κ1) is 24.7. The number of aryl methyl sites for hydroxylation is 1. The molecule has 33 heavy (non-hydrogen) atoms. The first-order chi connectivity index (χ1) is 15.7. The number of rotatable bonds is 7. The normalized spacial score (nSPS) is 16.8. The Balaban J connectivity index is 1.59. The molecule has 0 saturated carbocycles. The van der Waals surface area contributed by atoms with E-state index in [4.69, 9.17) is 4.74 Å². The zero-order chi connectivity index (χ0) is 24.0. The van der Waals surface area contributed by atoms with Crippen LogP contribution in [0.2, 0.25) is 0 Å². The third kappa shape index (κ3) is 6.08. The van der Waals surface area contributed by atoms with Gasteiger partial charge in [-0.25, -0.2) is 12.8 Å². The molecule has 2 amide bonds. The fourth-order valence-corrected chi connectivity index (χ4v) is 5.62. The third-order valence-electron chi connectivity index (χ3n) is 5.61. The van der Waals surface area contributed by atoms with Crippen molar-refractivity contribution < 1.29 is 27.1 Å². The Labute approximate surface area is 193 Å². The number of nitrogens with zero attached hydrogens (tertiary/aromatic N) is 1. The number of halogens is 1. The van der Waals surface area contributed by atoms with Gasteiger partial charge in [0, 0.05) is 30.9 Å². The summed E-state index contributed by atoms with van der Waals surface area (Å²) in [5.74, 6) is -1.54. The summed E-state index contributed by atoms with van der Waals surface area (Å²) >= 11 is 0. The second kappa shape index (κ2) is 10.8. The zero-order valence-electron chi connectivity index (χ0n) is 18.6. The molecule has 10 heteroatoms. The predicted molar refractivity (Wildman–Crippen MR) is 122 cm³/mol. The lowest BCUT2D eigenvalue weighted by molar-refractivity contribution is -0.136. The molecule has 0 spiro atoms. The van der Waals surface area contributed by atoms with Crippen LogP contribution in [-0.4, -0.2) is 50.8 Å². The maximum Gasteiger partial charge on any atom is 0.313 e. The minimum absolute atomic E-state index is 0.0509. The standard InChI is InChI=1S/C23H28FN3O5S/c1-16-14-20(9-10-21(16)24)33(30,31)27-13-4-3-7-18(27)11-12-25-22(28)23(29)26-17-6-5-8-19(15-17)32-2/h5-6,8-10,14-15,18H,3-4,7,11-13H2,1-2H3,(H,25,28)(H,26,29). The van der Waals surface area contributed by atoms with Crippen LogP contribution in [-0.2, 0) is 19.6 Å². The van der Waals surface area contributed by atoms with E-state index in [1.54, 1.807) is 24.3 Å². The Morgan fingerprint density at radius 1 is 1.15 bits per heavy atom. The molecular formula is C23H28FN3O5S. The van der Waals surface area contributed by atoms with Crippen LogP contribution in [0.15, 0.2) is 47.4 Å². The Kier molecular flexibility index (Phi) is 8.04. The molecule has 0 radical (unpaired) electrons. The van der Waals surface area contributed by atoms with E-state index in [9.17, 15) is 22.4 Å². The van der Waals surface area contributed by atoms with Crippen LogP contribution in [0, 0.1) is 12.7 Å². The molecule has 1 saturated heterocycles. The van der Waals surface area contributed by atoms with Gasteiger partial charge in [-0.1, -0.05) is 12.5 Å². The summed E-state index contributed by atoms with van der Waals surface area (Å²) in [6, 6.07) is 10.1. The van der Waals surface area contributed by atoms with Crippen molar-refractivity contribution in [3.63, 3.8) is 0 Å². The molecule has 0 aliphatic carbocycles. The highest BCUT2D eigenvalue weighted by Gasteiger charge is 2.33. The fraction of sp³-hybridized carbons (Fsp3) is 0.391. The van der Waals surface area contributed by atoms with Crippen LogP contribution in [0.4, 0.5) is 10.1 Å². The highest BCUT2D eigenvalue weighted by atomic mass is 32.2. The van der Waals surface area contributed by atoms with Crippen molar-refractivity contribution in [2.75, 3.05) is 25.5 Å². The number of anilines is 1. The minimum Gasteiger partial charge on any atom is -0.497 e. The Hall–Kier alpha value is -2.98. The molecule has 2 aromatic rings. The number of carbonyl (C=O) groups excluding carboxylic acids is 2. The van der Waals surface area contributed by atoms with Crippen molar-refractivity contribution in [1.29, 1.82) is 0 Å². The zero-order valence-corrected chi connectivity index (χ0v) is 19.5. The predicted octanol–water partition coefficient (Wildman–Crippen LogP) is 2.83. The quantitative estimate of drug-likeness (QED) is 0.597. The first-order valence-electron chi connectivity index (χ1n) is 10.7. The van der Waals surface area contributed by atoms with Crippen molar-refractivity contribution in [2.45, 2.75) is 43.5 Å². The van der Waals surface area contributed by atoms with E-state index in [1.165, 1.54) is 30.5 Å². The maximum absolute atomic E-state index is 13.6. The van der Waals surface area contributed by atoms with E-state index in [1.807, 2.05) is 0 Å². The van der Waals surface area contributed by atoms with Gasteiger partial charge in [-0.2, -0.15) is 4.31 Å². The van der Waals surface area contributed by atoms with Gasteiger partial charge in [0.05, 0.1) is 12.0 Å². The second-order valence-electron chi connectivity index (χ2n) is 7.91. The number of ether oxygens (including phenoxy) is 1. The summed E-state index contributed by atoms with van der Waals surface area (Å²) in [5.41, 5.74) is 0.688. The highest BCUT2D eigenvalue weighted by molar-refractivity contribution is 7.89. The molecule has 2 aromatic carbocycles. The molecule has 1 aliphatic rings. The molecule has 1 atom stereocenters. The van der Waals surface area contributed by atoms with Crippen LogP contribution in [0.5, 0.6) is 5.75 Å². The van der Waals surface area contributed by atoms with Gasteiger partial charge in [-0.05, 0) is 62.1 Å². The Morgan fingerprint density at radius 2 is 1.94 bits per heavy atom. The van der Waals surface area contributed by atoms with Crippen molar-refractivity contribution in [3.8, 4) is 5.75 Å². The van der Waals surface area contributed by atoms with Gasteiger partial charge < -0.3 is 15.4 Å². The van der Waals surface area contributed by atoms with Crippen LogP contribution in [0.1, 0.15) is 31.2 Å². The van der Waals surface area contributed by atoms with Gasteiger partial charge >= 0.3 is 11.8 Å². The molecule has 2 N–H and O–H groups in total. The first-order valence-corrected chi connectivity index (χ1v) is 12.2. The lowest BCUT2D eigenvalue weighted by atomic mass is 10.0. The number of piperidine rings is 1. The van der Waals surface area contributed by atoms with E-state index in [0.29, 0.717) is 30.8 Å². The van der Waals surface area contributed by atoms with E-state index in [-0.39, 0.29) is 23.0 Å². The molecule has 1 aliphatic heterocycles. The Bertz CT molecular complexity index is 1120. The summed E-state index contributed by atoms with van der Waals surface area (Å²) in [5, 5.41) is 5.05. The Morgan fingerprint density at radius 3 is 2.67 bits per heavy atom. The number of nitrogens with one attached hydrogen (secondary N) is 2. The van der Waals surface area contributed by atoms with Gasteiger partial charge in [0.15, 0.2) is 0 Å². The molecule has 0 bridgehead atoms. The molecule has 178 valence electrons. The number of methoxy groups -OCH3 is 1. The number of sulfonamides is 1. The average Bonchev–Trinajstić information content (AvgIpc) is 2.81. The van der Waals surface area contributed by atoms with Crippen molar-refractivity contribution in [2.24, 2.45) is 0 Å². The highest BCUT2D eigenvalue weighted by Crippen LogP contribution is 2.27. The fourth-order valence-electron chi connectivity index (χ4n) is 3.81. The van der Waals surface area contributed by atoms with E-state index in [2.05, 4.69) is 10.6 Å². The number of amides is 2. The van der Waals surface area contributed by atoms with Gasteiger partial charge in [0.1, 0.15) is 11.6 Å². The number of carbonyl (C=O) groups is 2. The summed E-state index contributed by atoms with van der Waals surface area (Å²) < 4.78 is 46.4. The number of benzene rings is 2. The van der Waals surface area contributed by atoms with E-state index >= 15 is 0 Å². The number of hydrogen-bond donors (Lipinski definition) is 2. The second-order valence-corrected chi connectivity index (χ2v) is 9.80. The van der Waals surface area contributed by atoms with E-state index < -0.39 is 27.7 Å². The van der Waals surface area contributed by atoms with Crippen LogP contribution < -0.4 is 15.4 Å². The van der Waals surface area contributed by atoms with Crippen LogP contribution in [0.3, 0.4) is 0 Å². The third-order valence-corrected chi connectivity index (χ3v) is 7.55. The van der Waals surface area contributed by atoms with Gasteiger partial charge in [-0.3, -0.25) is 9.59 Å². The van der Waals surface area contributed by atoms with Crippen molar-refractivity contribution >= 4 is 27.5 Å². The minimum atomic E-state index is -3.80. The maximum atomic E-state index is 13.6. The van der Waals surface area contributed by atoms with Crippen molar-refractivity contribution in [1.82, 2.24) is 9.62 Å².